The van der Waals surface area contributed by atoms with E-state index in [1.54, 1.807) is 36.2 Å². The lowest BCUT2D eigenvalue weighted by Crippen LogP contribution is -2.27. The van der Waals surface area contributed by atoms with Gasteiger partial charge < -0.3 is 4.90 Å². The van der Waals surface area contributed by atoms with Crippen LogP contribution in [0.5, 0.6) is 0 Å². The van der Waals surface area contributed by atoms with Crippen LogP contribution in [0.3, 0.4) is 0 Å². The number of carbonyl (C=O) groups excluding carboxylic acids is 1. The Bertz CT molecular complexity index is 950. The van der Waals surface area contributed by atoms with Crippen molar-refractivity contribution in [1.29, 1.82) is 0 Å². The summed E-state index contributed by atoms with van der Waals surface area (Å²) in [6.45, 7) is 2.78. The molecule has 1 amide bonds. The first-order chi connectivity index (χ1) is 12.4. The van der Waals surface area contributed by atoms with Gasteiger partial charge in [-0.3, -0.25) is 14.5 Å². The van der Waals surface area contributed by atoms with Crippen LogP contribution in [0.25, 0.3) is 0 Å². The second-order valence-electron chi connectivity index (χ2n) is 6.32. The summed E-state index contributed by atoms with van der Waals surface area (Å²) in [6.07, 6.45) is 0.218. The Balaban J connectivity index is 1.60. The van der Waals surface area contributed by atoms with Crippen molar-refractivity contribution < 1.29 is 13.2 Å². The largest absolute Gasteiger partial charge is 0.341 e. The number of rotatable bonds is 5. The molecule has 0 bridgehead atoms. The maximum atomic E-state index is 12.3. The van der Waals surface area contributed by atoms with Crippen molar-refractivity contribution in [2.24, 2.45) is 4.99 Å². The standard InChI is InChI=1S/C19H21N3O3S/c1-14-7-9-15(10-8-14)13-22(2)18(23)11-12-20-19-16-5-3-4-6-17(16)26(24,25)21-19/h3-10H,11-13H2,1-2H3,(H,20,21). The number of nitrogens with one attached hydrogen (secondary N) is 1. The van der Waals surface area contributed by atoms with Gasteiger partial charge in [-0.1, -0.05) is 42.0 Å². The third-order valence-corrected chi connectivity index (χ3v) is 5.62. The summed E-state index contributed by atoms with van der Waals surface area (Å²) >= 11 is 0. The Hall–Kier alpha value is -2.67. The second-order valence-corrected chi connectivity index (χ2v) is 7.97. The smallest absolute Gasteiger partial charge is 0.263 e. The van der Waals surface area contributed by atoms with Crippen LogP contribution in [-0.4, -0.2) is 38.7 Å². The number of nitrogens with zero attached hydrogens (tertiary/aromatic N) is 2. The number of aryl methyl sites for hydroxylation is 1. The van der Waals surface area contributed by atoms with Crippen LogP contribution in [0.4, 0.5) is 0 Å². The molecule has 26 heavy (non-hydrogen) atoms. The van der Waals surface area contributed by atoms with E-state index in [0.29, 0.717) is 17.9 Å². The molecule has 1 aliphatic heterocycles. The Morgan fingerprint density at radius 3 is 2.54 bits per heavy atom. The van der Waals surface area contributed by atoms with Crippen LogP contribution in [0, 0.1) is 6.92 Å². The fourth-order valence-corrected chi connectivity index (χ4v) is 4.01. The SMILES string of the molecule is Cc1ccc(CN(C)C(=O)CCN=C2NS(=O)(=O)c3ccccc32)cc1. The highest BCUT2D eigenvalue weighted by Gasteiger charge is 2.29. The van der Waals surface area contributed by atoms with E-state index >= 15 is 0 Å². The molecule has 3 rings (SSSR count). The van der Waals surface area contributed by atoms with Gasteiger partial charge in [0.2, 0.25) is 5.91 Å². The normalized spacial score (nSPS) is 16.2. The summed E-state index contributed by atoms with van der Waals surface area (Å²) in [5.41, 5.74) is 2.79. The number of aliphatic imine (C=N–C) groups is 1. The van der Waals surface area contributed by atoms with Crippen molar-refractivity contribution in [3.63, 3.8) is 0 Å². The Kier molecular flexibility index (Phi) is 5.08. The molecule has 136 valence electrons. The van der Waals surface area contributed by atoms with Crippen LogP contribution in [0.1, 0.15) is 23.1 Å². The summed E-state index contributed by atoms with van der Waals surface area (Å²) in [5, 5.41) is 0. The molecule has 2 aromatic rings. The number of fused-ring (bicyclic) bond motifs is 1. The highest BCUT2D eigenvalue weighted by molar-refractivity contribution is 7.90. The van der Waals surface area contributed by atoms with Crippen LogP contribution < -0.4 is 4.72 Å². The summed E-state index contributed by atoms with van der Waals surface area (Å²) in [6, 6.07) is 14.7. The lowest BCUT2D eigenvalue weighted by molar-refractivity contribution is -0.130. The summed E-state index contributed by atoms with van der Waals surface area (Å²) in [7, 11) is -1.79. The number of hydrogen-bond acceptors (Lipinski definition) is 4. The number of amides is 1. The van der Waals surface area contributed by atoms with Crippen molar-refractivity contribution in [2.75, 3.05) is 13.6 Å². The molecule has 0 aromatic heterocycles. The molecular formula is C19H21N3O3S. The van der Waals surface area contributed by atoms with Crippen LogP contribution in [-0.2, 0) is 21.4 Å². The quantitative estimate of drug-likeness (QED) is 0.874. The first-order valence-electron chi connectivity index (χ1n) is 8.33. The molecule has 1 N–H and O–H groups in total. The molecule has 0 atom stereocenters. The zero-order chi connectivity index (χ0) is 18.7. The molecule has 0 aliphatic carbocycles. The summed E-state index contributed by atoms with van der Waals surface area (Å²) in [4.78, 5) is 18.4. The van der Waals surface area contributed by atoms with Gasteiger partial charge in [0.15, 0.2) is 0 Å². The molecule has 0 unspecified atom stereocenters. The Morgan fingerprint density at radius 2 is 1.81 bits per heavy atom. The molecule has 2 aromatic carbocycles. The van der Waals surface area contributed by atoms with E-state index in [9.17, 15) is 13.2 Å². The van der Waals surface area contributed by atoms with Crippen molar-refractivity contribution >= 4 is 21.8 Å². The lowest BCUT2D eigenvalue weighted by atomic mass is 10.1. The van der Waals surface area contributed by atoms with Crippen LogP contribution in [0.15, 0.2) is 58.4 Å². The van der Waals surface area contributed by atoms with Gasteiger partial charge in [-0.25, -0.2) is 8.42 Å². The molecule has 0 spiro atoms. The molecule has 0 fully saturated rings. The first-order valence-corrected chi connectivity index (χ1v) is 9.81. The molecule has 7 heteroatoms. The minimum absolute atomic E-state index is 0.0379. The molecule has 0 saturated carbocycles. The number of carbonyl (C=O) groups is 1. The van der Waals surface area contributed by atoms with Gasteiger partial charge >= 0.3 is 0 Å². The van der Waals surface area contributed by atoms with Crippen molar-refractivity contribution in [3.8, 4) is 0 Å². The van der Waals surface area contributed by atoms with Gasteiger partial charge in [-0.15, -0.1) is 0 Å². The number of hydrogen-bond donors (Lipinski definition) is 1. The van der Waals surface area contributed by atoms with Gasteiger partial charge in [0.05, 0.1) is 11.4 Å². The molecule has 0 radical (unpaired) electrons. The van der Waals surface area contributed by atoms with Gasteiger partial charge in [0, 0.05) is 25.6 Å². The Morgan fingerprint density at radius 1 is 1.12 bits per heavy atom. The van der Waals surface area contributed by atoms with Crippen LogP contribution in [0.2, 0.25) is 0 Å². The van der Waals surface area contributed by atoms with E-state index < -0.39 is 10.0 Å². The second kappa shape index (κ2) is 7.29. The average Bonchev–Trinajstić information content (AvgIpc) is 2.88. The fourth-order valence-electron chi connectivity index (χ4n) is 2.76. The first kappa shape index (κ1) is 18.1. The van der Waals surface area contributed by atoms with Crippen molar-refractivity contribution in [1.82, 2.24) is 9.62 Å². The van der Waals surface area contributed by atoms with E-state index in [1.165, 1.54) is 5.56 Å². The van der Waals surface area contributed by atoms with E-state index in [4.69, 9.17) is 0 Å². The third kappa shape index (κ3) is 3.94. The monoisotopic (exact) mass is 371 g/mol. The molecular weight excluding hydrogens is 350 g/mol. The predicted octanol–water partition coefficient (Wildman–Crippen LogP) is 2.08. The van der Waals surface area contributed by atoms with Crippen LogP contribution >= 0.6 is 0 Å². The lowest BCUT2D eigenvalue weighted by Gasteiger charge is -2.17. The number of sulfonamides is 1. The average molecular weight is 371 g/mol. The summed E-state index contributed by atoms with van der Waals surface area (Å²) < 4.78 is 26.5. The van der Waals surface area contributed by atoms with E-state index in [-0.39, 0.29) is 23.8 Å². The van der Waals surface area contributed by atoms with Gasteiger partial charge in [-0.05, 0) is 24.6 Å². The van der Waals surface area contributed by atoms with Gasteiger partial charge in [0.1, 0.15) is 5.84 Å². The number of amidine groups is 1. The maximum absolute atomic E-state index is 12.3. The fraction of sp³-hybridized carbons (Fsp3) is 0.263. The molecule has 0 saturated heterocycles. The van der Waals surface area contributed by atoms with E-state index in [1.807, 2.05) is 31.2 Å². The van der Waals surface area contributed by atoms with Crippen molar-refractivity contribution in [2.45, 2.75) is 24.8 Å². The molecule has 1 aliphatic rings. The summed E-state index contributed by atoms with van der Waals surface area (Å²) in [5.74, 6) is 0.263. The van der Waals surface area contributed by atoms with E-state index in [0.717, 1.165) is 5.56 Å². The third-order valence-electron chi connectivity index (χ3n) is 4.22. The number of benzene rings is 2. The highest BCUT2D eigenvalue weighted by atomic mass is 32.2. The highest BCUT2D eigenvalue weighted by Crippen LogP contribution is 2.22. The minimum Gasteiger partial charge on any atom is -0.341 e. The molecule has 6 nitrogen and oxygen atoms in total. The maximum Gasteiger partial charge on any atom is 0.263 e. The van der Waals surface area contributed by atoms with Gasteiger partial charge in [-0.2, -0.15) is 0 Å². The zero-order valence-electron chi connectivity index (χ0n) is 14.8. The predicted molar refractivity (Wildman–Crippen MR) is 100 cm³/mol. The van der Waals surface area contributed by atoms with E-state index in [2.05, 4.69) is 9.71 Å². The molecule has 1 heterocycles. The van der Waals surface area contributed by atoms with Gasteiger partial charge in [0.25, 0.3) is 10.0 Å². The van der Waals surface area contributed by atoms with Crippen molar-refractivity contribution in [3.05, 3.63) is 65.2 Å². The Labute approximate surface area is 153 Å². The minimum atomic E-state index is -3.54. The zero-order valence-corrected chi connectivity index (χ0v) is 15.6. The topological polar surface area (TPSA) is 78.8 Å².